The molecule has 31 heavy (non-hydrogen) atoms. The van der Waals surface area contributed by atoms with Gasteiger partial charge in [-0.2, -0.15) is 0 Å². The molecule has 4 rings (SSSR count). The van der Waals surface area contributed by atoms with Gasteiger partial charge < -0.3 is 15.6 Å². The number of nitrogens with two attached hydrogens (primary N) is 1. The third kappa shape index (κ3) is 4.32. The van der Waals surface area contributed by atoms with Crippen LogP contribution in [-0.4, -0.2) is 13.0 Å². The topological polar surface area (TPSA) is 81.4 Å². The highest BCUT2D eigenvalue weighted by atomic mass is 32.1. The smallest absolute Gasteiger partial charge is 0.261 e. The lowest BCUT2D eigenvalue weighted by Gasteiger charge is -2.17. The van der Waals surface area contributed by atoms with Crippen molar-refractivity contribution in [3.63, 3.8) is 0 Å². The Morgan fingerprint density at radius 2 is 1.65 bits per heavy atom. The highest BCUT2D eigenvalue weighted by molar-refractivity contribution is 7.74. The van der Waals surface area contributed by atoms with Crippen LogP contribution in [-0.2, 0) is 9.09 Å². The van der Waals surface area contributed by atoms with Gasteiger partial charge in [0.05, 0.1) is 11.4 Å². The van der Waals surface area contributed by atoms with Crippen LogP contribution in [0.5, 0.6) is 0 Å². The number of benzene rings is 3. The molecule has 0 saturated carbocycles. The van der Waals surface area contributed by atoms with Gasteiger partial charge in [-0.1, -0.05) is 30.3 Å². The molecule has 0 spiro atoms. The van der Waals surface area contributed by atoms with Crippen molar-refractivity contribution in [3.05, 3.63) is 95.9 Å². The highest BCUT2D eigenvalue weighted by Gasteiger charge is 2.27. The Morgan fingerprint density at radius 3 is 2.29 bits per heavy atom. The van der Waals surface area contributed by atoms with Crippen molar-refractivity contribution in [3.8, 4) is 10.4 Å². The average molecular weight is 448 g/mol. The number of anilines is 2. The SMILES string of the molecule is COP(=O)(c1ccccc1)c1ccc(C(=O)Nc2cc(-c3cccs3)ccc2N)cc1. The van der Waals surface area contributed by atoms with Crippen LogP contribution in [0, 0.1) is 0 Å². The minimum Gasteiger partial charge on any atom is -0.397 e. The number of hydrogen-bond donors (Lipinski definition) is 2. The third-order valence-corrected chi connectivity index (χ3v) is 8.32. The Kier molecular flexibility index (Phi) is 6.05. The standard InChI is InChI=1S/C24H21N2O3PS/c1-29-30(28,19-6-3-2-4-7-19)20-12-9-17(10-13-20)24(27)26-22-16-18(11-14-21(22)25)23-8-5-15-31-23/h2-16H,25H2,1H3,(H,26,27). The molecule has 0 aliphatic heterocycles. The first-order valence-electron chi connectivity index (χ1n) is 9.58. The zero-order chi connectivity index (χ0) is 21.8. The van der Waals surface area contributed by atoms with Crippen molar-refractivity contribution in [2.24, 2.45) is 0 Å². The van der Waals surface area contributed by atoms with E-state index in [2.05, 4.69) is 5.32 Å². The summed E-state index contributed by atoms with van der Waals surface area (Å²) in [5.41, 5.74) is 8.52. The van der Waals surface area contributed by atoms with Gasteiger partial charge >= 0.3 is 0 Å². The fourth-order valence-corrected chi connectivity index (χ4v) is 5.80. The highest BCUT2D eigenvalue weighted by Crippen LogP contribution is 2.43. The fraction of sp³-hybridized carbons (Fsp3) is 0.0417. The molecule has 0 saturated heterocycles. The number of rotatable bonds is 6. The zero-order valence-corrected chi connectivity index (χ0v) is 18.5. The second-order valence-corrected chi connectivity index (χ2v) is 10.3. The van der Waals surface area contributed by atoms with E-state index < -0.39 is 7.37 Å². The molecule has 1 heterocycles. The summed E-state index contributed by atoms with van der Waals surface area (Å²) in [5.74, 6) is -0.298. The maximum Gasteiger partial charge on any atom is 0.261 e. The van der Waals surface area contributed by atoms with E-state index in [1.165, 1.54) is 7.11 Å². The minimum atomic E-state index is -3.21. The van der Waals surface area contributed by atoms with Crippen molar-refractivity contribution in [1.29, 1.82) is 0 Å². The van der Waals surface area contributed by atoms with Crippen molar-refractivity contribution in [1.82, 2.24) is 0 Å². The van der Waals surface area contributed by atoms with Gasteiger partial charge in [-0.05, 0) is 65.5 Å². The number of hydrogen-bond acceptors (Lipinski definition) is 5. The number of nitrogens with one attached hydrogen (secondary N) is 1. The molecule has 4 aromatic rings. The van der Waals surface area contributed by atoms with E-state index in [1.54, 1.807) is 53.8 Å². The monoisotopic (exact) mass is 448 g/mol. The molecule has 0 aliphatic rings. The van der Waals surface area contributed by atoms with Gasteiger partial charge in [0.2, 0.25) is 0 Å². The molecule has 1 atom stereocenters. The van der Waals surface area contributed by atoms with Crippen LogP contribution in [0.1, 0.15) is 10.4 Å². The van der Waals surface area contributed by atoms with Crippen LogP contribution in [0.15, 0.2) is 90.3 Å². The molecule has 5 nitrogen and oxygen atoms in total. The average Bonchev–Trinajstić information content (AvgIpc) is 3.35. The van der Waals surface area contributed by atoms with Crippen molar-refractivity contribution in [2.75, 3.05) is 18.2 Å². The number of carbonyl (C=O) groups excluding carboxylic acids is 1. The van der Waals surface area contributed by atoms with Gasteiger partial charge in [-0.15, -0.1) is 11.3 Å². The summed E-state index contributed by atoms with van der Waals surface area (Å²) in [7, 11) is -1.79. The van der Waals surface area contributed by atoms with Gasteiger partial charge in [0.1, 0.15) is 0 Å². The van der Waals surface area contributed by atoms with Crippen molar-refractivity contribution < 1.29 is 13.9 Å². The first-order valence-corrected chi connectivity index (χ1v) is 12.1. The van der Waals surface area contributed by atoms with E-state index in [0.29, 0.717) is 27.5 Å². The van der Waals surface area contributed by atoms with E-state index in [0.717, 1.165) is 10.4 Å². The molecular formula is C24H21N2O3PS. The van der Waals surface area contributed by atoms with Crippen LogP contribution < -0.4 is 21.7 Å². The van der Waals surface area contributed by atoms with Crippen LogP contribution in [0.4, 0.5) is 11.4 Å². The predicted octanol–water partition coefficient (Wildman–Crippen LogP) is 5.12. The van der Waals surface area contributed by atoms with Crippen LogP contribution >= 0.6 is 18.7 Å². The Bertz CT molecular complexity index is 1240. The van der Waals surface area contributed by atoms with Crippen LogP contribution in [0.3, 0.4) is 0 Å². The maximum atomic E-state index is 13.4. The lowest BCUT2D eigenvalue weighted by Crippen LogP contribution is -2.18. The molecule has 7 heteroatoms. The van der Waals surface area contributed by atoms with Gasteiger partial charge in [0.15, 0.2) is 0 Å². The molecule has 3 N–H and O–H groups in total. The van der Waals surface area contributed by atoms with Gasteiger partial charge in [0.25, 0.3) is 13.3 Å². The largest absolute Gasteiger partial charge is 0.397 e. The summed E-state index contributed by atoms with van der Waals surface area (Å²) in [5, 5.41) is 6.00. The van der Waals surface area contributed by atoms with E-state index in [9.17, 15) is 9.36 Å². The fourth-order valence-electron chi connectivity index (χ4n) is 3.25. The lowest BCUT2D eigenvalue weighted by atomic mass is 10.1. The molecule has 156 valence electrons. The Hall–Kier alpha value is -3.18. The molecule has 0 bridgehead atoms. The summed E-state index contributed by atoms with van der Waals surface area (Å²) in [6.07, 6.45) is 0. The molecule has 0 fully saturated rings. The molecule has 0 aliphatic carbocycles. The third-order valence-electron chi connectivity index (χ3n) is 4.93. The molecule has 0 radical (unpaired) electrons. The second kappa shape index (κ2) is 8.90. The van der Waals surface area contributed by atoms with E-state index in [4.69, 9.17) is 10.3 Å². The van der Waals surface area contributed by atoms with E-state index in [-0.39, 0.29) is 5.91 Å². The minimum absolute atomic E-state index is 0.298. The second-order valence-electron chi connectivity index (χ2n) is 6.85. The number of amides is 1. The molecule has 1 aromatic heterocycles. The Balaban J connectivity index is 1.57. The summed E-state index contributed by atoms with van der Waals surface area (Å²) in [4.78, 5) is 13.9. The normalized spacial score (nSPS) is 12.8. The number of thiophene rings is 1. The summed E-state index contributed by atoms with van der Waals surface area (Å²) >= 11 is 1.62. The van der Waals surface area contributed by atoms with Crippen molar-refractivity contribution >= 4 is 46.6 Å². The van der Waals surface area contributed by atoms with Crippen molar-refractivity contribution in [2.45, 2.75) is 0 Å². The number of carbonyl (C=O) groups is 1. The lowest BCUT2D eigenvalue weighted by molar-refractivity contribution is 0.102. The molecule has 1 unspecified atom stereocenters. The molecule has 1 amide bonds. The Morgan fingerprint density at radius 1 is 0.935 bits per heavy atom. The summed E-state index contributed by atoms with van der Waals surface area (Å²) in [6.45, 7) is 0. The predicted molar refractivity (Wildman–Crippen MR) is 129 cm³/mol. The van der Waals surface area contributed by atoms with E-state index in [1.807, 2.05) is 47.8 Å². The molecule has 3 aromatic carbocycles. The number of nitrogen functional groups attached to an aromatic ring is 1. The van der Waals surface area contributed by atoms with Gasteiger partial charge in [-0.3, -0.25) is 9.36 Å². The maximum absolute atomic E-state index is 13.4. The van der Waals surface area contributed by atoms with Gasteiger partial charge in [-0.25, -0.2) is 0 Å². The van der Waals surface area contributed by atoms with Crippen LogP contribution in [0.25, 0.3) is 10.4 Å². The molecular weight excluding hydrogens is 427 g/mol. The first kappa shape index (κ1) is 21.1. The summed E-state index contributed by atoms with van der Waals surface area (Å²) < 4.78 is 18.8. The van der Waals surface area contributed by atoms with Crippen LogP contribution in [0.2, 0.25) is 0 Å². The van der Waals surface area contributed by atoms with E-state index >= 15 is 0 Å². The Labute approximate surface area is 185 Å². The van der Waals surface area contributed by atoms with Gasteiger partial charge in [0, 0.05) is 28.2 Å². The quantitative estimate of drug-likeness (QED) is 0.317. The summed E-state index contributed by atoms with van der Waals surface area (Å²) in [6, 6.07) is 25.2. The zero-order valence-electron chi connectivity index (χ0n) is 16.8. The first-order chi connectivity index (χ1) is 15.0.